The van der Waals surface area contributed by atoms with Gasteiger partial charge in [-0.25, -0.2) is 0 Å². The SMILES string of the molecule is COCCCNc1nc(NCc2cccc(Cl)c2)c2cnn(C)c2n1. The first kappa shape index (κ1) is 17.4. The molecule has 1 aromatic carbocycles. The molecular weight excluding hydrogens is 340 g/mol. The molecule has 3 aromatic rings. The van der Waals surface area contributed by atoms with E-state index in [0.717, 1.165) is 35.4 Å². The zero-order chi connectivity index (χ0) is 17.6. The van der Waals surface area contributed by atoms with Crippen LogP contribution in [0.1, 0.15) is 12.0 Å². The number of nitrogens with zero attached hydrogens (tertiary/aromatic N) is 4. The molecule has 0 amide bonds. The molecule has 0 fully saturated rings. The van der Waals surface area contributed by atoms with Crippen LogP contribution in [0.4, 0.5) is 11.8 Å². The quantitative estimate of drug-likeness (QED) is 0.601. The summed E-state index contributed by atoms with van der Waals surface area (Å²) < 4.78 is 6.80. The molecule has 0 bridgehead atoms. The lowest BCUT2D eigenvalue weighted by molar-refractivity contribution is 0.197. The molecule has 0 spiro atoms. The molecule has 0 aliphatic rings. The Labute approximate surface area is 151 Å². The number of fused-ring (bicyclic) bond motifs is 1. The van der Waals surface area contributed by atoms with Crippen molar-refractivity contribution in [2.75, 3.05) is 30.9 Å². The fourth-order valence-corrected chi connectivity index (χ4v) is 2.70. The van der Waals surface area contributed by atoms with E-state index in [-0.39, 0.29) is 0 Å². The van der Waals surface area contributed by atoms with Crippen molar-refractivity contribution in [1.29, 1.82) is 0 Å². The number of aromatic nitrogens is 4. The minimum Gasteiger partial charge on any atom is -0.385 e. The van der Waals surface area contributed by atoms with Crippen molar-refractivity contribution >= 4 is 34.4 Å². The Morgan fingerprint density at radius 3 is 2.92 bits per heavy atom. The van der Waals surface area contributed by atoms with E-state index < -0.39 is 0 Å². The molecule has 2 heterocycles. The van der Waals surface area contributed by atoms with Crippen molar-refractivity contribution in [3.63, 3.8) is 0 Å². The molecule has 0 saturated heterocycles. The van der Waals surface area contributed by atoms with Crippen LogP contribution in [0.25, 0.3) is 11.0 Å². The third-order valence-corrected chi connectivity index (χ3v) is 3.98. The fourth-order valence-electron chi connectivity index (χ4n) is 2.49. The Bertz CT molecular complexity index is 850. The van der Waals surface area contributed by atoms with E-state index in [1.165, 1.54) is 0 Å². The van der Waals surface area contributed by atoms with Gasteiger partial charge >= 0.3 is 0 Å². The summed E-state index contributed by atoms with van der Waals surface area (Å²) in [7, 11) is 3.56. The lowest BCUT2D eigenvalue weighted by atomic mass is 10.2. The predicted octanol–water partition coefficient (Wildman–Crippen LogP) is 3.08. The number of methoxy groups -OCH3 is 1. The van der Waals surface area contributed by atoms with E-state index in [4.69, 9.17) is 16.3 Å². The molecule has 0 unspecified atom stereocenters. The molecule has 132 valence electrons. The summed E-state index contributed by atoms with van der Waals surface area (Å²) in [6.07, 6.45) is 2.65. The van der Waals surface area contributed by atoms with Crippen LogP contribution in [0.2, 0.25) is 5.02 Å². The highest BCUT2D eigenvalue weighted by Gasteiger charge is 2.11. The summed E-state index contributed by atoms with van der Waals surface area (Å²) >= 11 is 6.05. The molecule has 0 radical (unpaired) electrons. The van der Waals surface area contributed by atoms with E-state index >= 15 is 0 Å². The van der Waals surface area contributed by atoms with Crippen LogP contribution < -0.4 is 10.6 Å². The van der Waals surface area contributed by atoms with E-state index in [0.29, 0.717) is 24.1 Å². The Hall–Kier alpha value is -2.38. The summed E-state index contributed by atoms with van der Waals surface area (Å²) in [5, 5.41) is 12.5. The molecule has 8 heteroatoms. The highest BCUT2D eigenvalue weighted by molar-refractivity contribution is 6.30. The first-order chi connectivity index (χ1) is 12.2. The monoisotopic (exact) mass is 360 g/mol. The minimum atomic E-state index is 0.570. The van der Waals surface area contributed by atoms with Crippen LogP contribution in [0.3, 0.4) is 0 Å². The molecule has 25 heavy (non-hydrogen) atoms. The summed E-state index contributed by atoms with van der Waals surface area (Å²) in [6, 6.07) is 7.74. The van der Waals surface area contributed by atoms with Gasteiger partial charge in [0.05, 0.1) is 11.6 Å². The number of halogens is 1. The summed E-state index contributed by atoms with van der Waals surface area (Å²) in [5.74, 6) is 1.31. The van der Waals surface area contributed by atoms with Crippen molar-refractivity contribution in [2.45, 2.75) is 13.0 Å². The second-order valence-corrected chi connectivity index (χ2v) is 6.09. The zero-order valence-corrected chi connectivity index (χ0v) is 15.0. The average Bonchev–Trinajstić information content (AvgIpc) is 2.98. The van der Waals surface area contributed by atoms with Crippen LogP contribution in [-0.2, 0) is 18.3 Å². The average molecular weight is 361 g/mol. The van der Waals surface area contributed by atoms with Gasteiger partial charge < -0.3 is 15.4 Å². The van der Waals surface area contributed by atoms with Gasteiger partial charge in [-0.1, -0.05) is 23.7 Å². The summed E-state index contributed by atoms with van der Waals surface area (Å²) in [6.45, 7) is 2.05. The molecule has 0 aliphatic carbocycles. The van der Waals surface area contributed by atoms with E-state index in [9.17, 15) is 0 Å². The number of nitrogens with one attached hydrogen (secondary N) is 2. The van der Waals surface area contributed by atoms with Crippen LogP contribution in [0, 0.1) is 0 Å². The topological polar surface area (TPSA) is 76.9 Å². The summed E-state index contributed by atoms with van der Waals surface area (Å²) in [4.78, 5) is 9.13. The standard InChI is InChI=1S/C17H21ClN6O/c1-24-16-14(11-21-24)15(20-10-12-5-3-6-13(18)9-12)22-17(23-16)19-7-4-8-25-2/h3,5-6,9,11H,4,7-8,10H2,1-2H3,(H2,19,20,22,23). The van der Waals surface area contributed by atoms with Gasteiger partial charge in [0.15, 0.2) is 5.65 Å². The van der Waals surface area contributed by atoms with Gasteiger partial charge in [-0.2, -0.15) is 15.1 Å². The lowest BCUT2D eigenvalue weighted by Crippen LogP contribution is -2.10. The van der Waals surface area contributed by atoms with Gasteiger partial charge in [0, 0.05) is 38.9 Å². The van der Waals surface area contributed by atoms with Crippen molar-refractivity contribution < 1.29 is 4.74 Å². The maximum atomic E-state index is 6.05. The number of hydrogen-bond donors (Lipinski definition) is 2. The van der Waals surface area contributed by atoms with Crippen molar-refractivity contribution in [1.82, 2.24) is 19.7 Å². The number of hydrogen-bond acceptors (Lipinski definition) is 6. The van der Waals surface area contributed by atoms with Gasteiger partial charge in [-0.3, -0.25) is 4.68 Å². The van der Waals surface area contributed by atoms with Gasteiger partial charge in [0.25, 0.3) is 0 Å². The number of ether oxygens (including phenoxy) is 1. The Morgan fingerprint density at radius 1 is 1.24 bits per heavy atom. The first-order valence-electron chi connectivity index (χ1n) is 8.08. The van der Waals surface area contributed by atoms with Crippen molar-refractivity contribution in [2.24, 2.45) is 7.05 Å². The Kier molecular flexibility index (Phi) is 5.67. The maximum absolute atomic E-state index is 6.05. The van der Waals surface area contributed by atoms with Gasteiger partial charge in [0.2, 0.25) is 5.95 Å². The van der Waals surface area contributed by atoms with Crippen LogP contribution in [-0.4, -0.2) is 40.0 Å². The predicted molar refractivity (Wildman–Crippen MR) is 100 cm³/mol. The smallest absolute Gasteiger partial charge is 0.226 e. The van der Waals surface area contributed by atoms with Crippen molar-refractivity contribution in [3.8, 4) is 0 Å². The van der Waals surface area contributed by atoms with E-state index in [2.05, 4.69) is 25.7 Å². The molecule has 2 aromatic heterocycles. The highest BCUT2D eigenvalue weighted by atomic mass is 35.5. The minimum absolute atomic E-state index is 0.570. The van der Waals surface area contributed by atoms with Gasteiger partial charge in [-0.15, -0.1) is 0 Å². The molecule has 0 saturated carbocycles. The molecular formula is C17H21ClN6O. The van der Waals surface area contributed by atoms with Crippen LogP contribution >= 0.6 is 11.6 Å². The van der Waals surface area contributed by atoms with Gasteiger partial charge in [0.1, 0.15) is 5.82 Å². The van der Waals surface area contributed by atoms with Crippen molar-refractivity contribution in [3.05, 3.63) is 41.0 Å². The number of rotatable bonds is 8. The third kappa shape index (κ3) is 4.37. The second kappa shape index (κ2) is 8.13. The molecule has 0 aliphatic heterocycles. The zero-order valence-electron chi connectivity index (χ0n) is 14.3. The molecule has 0 atom stereocenters. The Balaban J connectivity index is 1.80. The molecule has 2 N–H and O–H groups in total. The third-order valence-electron chi connectivity index (χ3n) is 3.75. The largest absolute Gasteiger partial charge is 0.385 e. The fraction of sp³-hybridized carbons (Fsp3) is 0.353. The Morgan fingerprint density at radius 2 is 2.12 bits per heavy atom. The maximum Gasteiger partial charge on any atom is 0.226 e. The number of aryl methyl sites for hydroxylation is 1. The normalized spacial score (nSPS) is 11.0. The second-order valence-electron chi connectivity index (χ2n) is 5.66. The number of benzene rings is 1. The lowest BCUT2D eigenvalue weighted by Gasteiger charge is -2.10. The highest BCUT2D eigenvalue weighted by Crippen LogP contribution is 2.22. The van der Waals surface area contributed by atoms with E-state index in [1.807, 2.05) is 31.3 Å². The van der Waals surface area contributed by atoms with Gasteiger partial charge in [-0.05, 0) is 24.1 Å². The number of anilines is 2. The molecule has 7 nitrogen and oxygen atoms in total. The first-order valence-corrected chi connectivity index (χ1v) is 8.46. The molecule has 3 rings (SSSR count). The van der Waals surface area contributed by atoms with Crippen LogP contribution in [0.5, 0.6) is 0 Å². The summed E-state index contributed by atoms with van der Waals surface area (Å²) in [5.41, 5.74) is 1.86. The van der Waals surface area contributed by atoms with E-state index in [1.54, 1.807) is 18.0 Å². The van der Waals surface area contributed by atoms with Crippen LogP contribution in [0.15, 0.2) is 30.5 Å².